The molecule has 2 N–H and O–H groups in total. The van der Waals surface area contributed by atoms with E-state index >= 15 is 0 Å². The van der Waals surface area contributed by atoms with Crippen LogP contribution >= 0.6 is 11.8 Å². The van der Waals surface area contributed by atoms with E-state index in [1.807, 2.05) is 31.2 Å². The number of carbonyl (C=O) groups is 2. The average Bonchev–Trinajstić information content (AvgIpc) is 2.86. The van der Waals surface area contributed by atoms with Crippen molar-refractivity contribution in [3.8, 4) is 11.8 Å². The zero-order valence-electron chi connectivity index (χ0n) is 21.8. The number of hydrogen-bond donors (Lipinski definition) is 2. The number of hydrogen-bond acceptors (Lipinski definition) is 7. The molecule has 1 heterocycles. The van der Waals surface area contributed by atoms with Gasteiger partial charge in [0.2, 0.25) is 5.91 Å². The first-order valence-electron chi connectivity index (χ1n) is 13.2. The third-order valence-electron chi connectivity index (χ3n) is 8.38. The molecule has 37 heavy (non-hydrogen) atoms. The molecule has 1 amide bonds. The summed E-state index contributed by atoms with van der Waals surface area (Å²) in [5.41, 5.74) is 2.19. The molecule has 1 aromatic carbocycles. The standard InChI is InChI=1S/C29H35N3O4S/c1-4-36-28(34)25-17(2)31-27(23(15-30)26(25)21-5-7-22(35-3)8-6-21)37-16-24(33)32-29-12-18-9-19(13-29)11-20(10-18)14-29/h5-8,18-20,26,31H,4,9-14,16H2,1-3H3,(H,32,33). The van der Waals surface area contributed by atoms with Crippen LogP contribution in [0.25, 0.3) is 0 Å². The van der Waals surface area contributed by atoms with Gasteiger partial charge in [0.1, 0.15) is 5.75 Å². The number of dihydropyridines is 1. The monoisotopic (exact) mass is 521 g/mol. The van der Waals surface area contributed by atoms with Gasteiger partial charge in [-0.15, -0.1) is 0 Å². The van der Waals surface area contributed by atoms with Crippen LogP contribution in [0, 0.1) is 29.1 Å². The molecule has 1 atom stereocenters. The number of allylic oxidation sites excluding steroid dienone is 2. The SMILES string of the molecule is CCOC(=O)C1=C(C)NC(SCC(=O)NC23CC4CC(CC(C4)C2)C3)=C(C#N)C1c1ccc(OC)cc1. The Kier molecular flexibility index (Phi) is 7.26. The molecule has 7 nitrogen and oxygen atoms in total. The zero-order chi connectivity index (χ0) is 26.2. The molecule has 0 spiro atoms. The van der Waals surface area contributed by atoms with Gasteiger partial charge in [0, 0.05) is 11.2 Å². The third-order valence-corrected chi connectivity index (χ3v) is 9.40. The van der Waals surface area contributed by atoms with E-state index in [0.29, 0.717) is 27.6 Å². The zero-order valence-corrected chi connectivity index (χ0v) is 22.6. The second kappa shape index (κ2) is 10.4. The summed E-state index contributed by atoms with van der Waals surface area (Å²) in [7, 11) is 1.59. The van der Waals surface area contributed by atoms with E-state index < -0.39 is 11.9 Å². The lowest BCUT2D eigenvalue weighted by atomic mass is 9.53. The van der Waals surface area contributed by atoms with Gasteiger partial charge in [0.05, 0.1) is 47.6 Å². The van der Waals surface area contributed by atoms with E-state index in [-0.39, 0.29) is 23.8 Å². The van der Waals surface area contributed by atoms with Crippen molar-refractivity contribution in [2.75, 3.05) is 19.5 Å². The molecule has 1 unspecified atom stereocenters. The quantitative estimate of drug-likeness (QED) is 0.475. The number of nitrogens with one attached hydrogen (secondary N) is 2. The van der Waals surface area contributed by atoms with E-state index in [0.717, 1.165) is 42.6 Å². The van der Waals surface area contributed by atoms with Crippen LogP contribution in [0.1, 0.15) is 63.9 Å². The summed E-state index contributed by atoms with van der Waals surface area (Å²) in [5, 5.41) is 17.5. The molecule has 4 saturated carbocycles. The number of carbonyl (C=O) groups excluding carboxylic acids is 2. The predicted octanol–water partition coefficient (Wildman–Crippen LogP) is 4.77. The van der Waals surface area contributed by atoms with Crippen LogP contribution in [0.4, 0.5) is 0 Å². The molecule has 0 aromatic heterocycles. The van der Waals surface area contributed by atoms with Crippen molar-refractivity contribution < 1.29 is 19.1 Å². The van der Waals surface area contributed by atoms with Crippen LogP contribution in [0.3, 0.4) is 0 Å². The lowest BCUT2D eigenvalue weighted by Crippen LogP contribution is -2.60. The van der Waals surface area contributed by atoms with Gasteiger partial charge in [0.25, 0.3) is 0 Å². The fourth-order valence-electron chi connectivity index (χ4n) is 7.37. The maximum Gasteiger partial charge on any atom is 0.336 e. The molecule has 4 bridgehead atoms. The van der Waals surface area contributed by atoms with Crippen LogP contribution in [0.5, 0.6) is 5.75 Å². The average molecular weight is 522 g/mol. The number of amides is 1. The van der Waals surface area contributed by atoms with Gasteiger partial charge in [0.15, 0.2) is 0 Å². The van der Waals surface area contributed by atoms with E-state index in [1.165, 1.54) is 31.0 Å². The van der Waals surface area contributed by atoms with E-state index in [2.05, 4.69) is 16.7 Å². The van der Waals surface area contributed by atoms with Crippen molar-refractivity contribution in [2.24, 2.45) is 17.8 Å². The minimum Gasteiger partial charge on any atom is -0.497 e. The summed E-state index contributed by atoms with van der Waals surface area (Å²) in [6, 6.07) is 9.68. The first kappa shape index (κ1) is 25.7. The van der Waals surface area contributed by atoms with Crippen molar-refractivity contribution in [1.82, 2.24) is 10.6 Å². The van der Waals surface area contributed by atoms with Gasteiger partial charge in [-0.05, 0) is 87.8 Å². The molecule has 1 aliphatic heterocycles. The Labute approximate surface area is 223 Å². The Balaban J connectivity index is 1.36. The third kappa shape index (κ3) is 5.11. The van der Waals surface area contributed by atoms with E-state index in [1.54, 1.807) is 14.0 Å². The van der Waals surface area contributed by atoms with Gasteiger partial charge in [-0.1, -0.05) is 23.9 Å². The van der Waals surface area contributed by atoms with E-state index in [9.17, 15) is 14.9 Å². The molecular weight excluding hydrogens is 486 g/mol. The van der Waals surface area contributed by atoms with Crippen LogP contribution in [0.2, 0.25) is 0 Å². The summed E-state index contributed by atoms with van der Waals surface area (Å²) in [5.74, 6) is 2.14. The van der Waals surface area contributed by atoms with Crippen molar-refractivity contribution in [2.45, 2.75) is 63.8 Å². The number of rotatable bonds is 8. The van der Waals surface area contributed by atoms with Crippen LogP contribution in [-0.2, 0) is 14.3 Å². The Hall–Kier alpha value is -2.92. The predicted molar refractivity (Wildman–Crippen MR) is 142 cm³/mol. The number of nitriles is 1. The summed E-state index contributed by atoms with van der Waals surface area (Å²) < 4.78 is 10.6. The minimum atomic E-state index is -0.593. The minimum absolute atomic E-state index is 0.0114. The highest BCUT2D eigenvalue weighted by atomic mass is 32.2. The van der Waals surface area contributed by atoms with Gasteiger partial charge in [-0.3, -0.25) is 4.79 Å². The van der Waals surface area contributed by atoms with Gasteiger partial charge in [-0.25, -0.2) is 4.79 Å². The second-order valence-electron chi connectivity index (χ2n) is 11.0. The van der Waals surface area contributed by atoms with Crippen LogP contribution in [0.15, 0.2) is 46.1 Å². The number of benzene rings is 1. The van der Waals surface area contributed by atoms with Gasteiger partial charge < -0.3 is 20.1 Å². The normalized spacial score (nSPS) is 30.0. The maximum absolute atomic E-state index is 13.2. The Morgan fingerprint density at radius 2 is 1.76 bits per heavy atom. The van der Waals surface area contributed by atoms with Crippen molar-refractivity contribution in [1.29, 1.82) is 5.26 Å². The topological polar surface area (TPSA) is 100 Å². The molecule has 8 heteroatoms. The molecule has 4 fully saturated rings. The molecule has 4 aliphatic carbocycles. The molecule has 0 saturated heterocycles. The Morgan fingerprint density at radius 3 is 2.30 bits per heavy atom. The molecule has 196 valence electrons. The van der Waals surface area contributed by atoms with Crippen molar-refractivity contribution in [3.63, 3.8) is 0 Å². The van der Waals surface area contributed by atoms with Gasteiger partial charge >= 0.3 is 5.97 Å². The number of thioether (sulfide) groups is 1. The molecule has 1 aromatic rings. The fourth-order valence-corrected chi connectivity index (χ4v) is 8.26. The molecule has 0 radical (unpaired) electrons. The van der Waals surface area contributed by atoms with Gasteiger partial charge in [-0.2, -0.15) is 5.26 Å². The highest BCUT2D eigenvalue weighted by Crippen LogP contribution is 2.55. The molecule has 5 aliphatic rings. The smallest absolute Gasteiger partial charge is 0.336 e. The highest BCUT2D eigenvalue weighted by molar-refractivity contribution is 8.03. The number of nitrogens with zero attached hydrogens (tertiary/aromatic N) is 1. The summed E-state index contributed by atoms with van der Waals surface area (Å²) in [4.78, 5) is 26.1. The maximum atomic E-state index is 13.2. The second-order valence-corrected chi connectivity index (χ2v) is 12.0. The van der Waals surface area contributed by atoms with Crippen LogP contribution < -0.4 is 15.4 Å². The summed E-state index contributed by atoms with van der Waals surface area (Å²) >= 11 is 1.33. The summed E-state index contributed by atoms with van der Waals surface area (Å²) in [6.45, 7) is 3.81. The fraction of sp³-hybridized carbons (Fsp3) is 0.552. The largest absolute Gasteiger partial charge is 0.497 e. The first-order valence-corrected chi connectivity index (χ1v) is 14.2. The highest BCUT2D eigenvalue weighted by Gasteiger charge is 2.51. The molecular formula is C29H35N3O4S. The van der Waals surface area contributed by atoms with Crippen LogP contribution in [-0.4, -0.2) is 36.9 Å². The first-order chi connectivity index (χ1) is 17.8. The Morgan fingerprint density at radius 1 is 1.14 bits per heavy atom. The Bertz CT molecular complexity index is 1150. The lowest BCUT2D eigenvalue weighted by Gasteiger charge is -2.56. The molecule has 6 rings (SSSR count). The number of methoxy groups -OCH3 is 1. The van der Waals surface area contributed by atoms with Crippen molar-refractivity contribution in [3.05, 3.63) is 51.7 Å². The van der Waals surface area contributed by atoms with Crippen molar-refractivity contribution >= 4 is 23.6 Å². The number of esters is 1. The summed E-state index contributed by atoms with van der Waals surface area (Å²) in [6.07, 6.45) is 7.28. The van der Waals surface area contributed by atoms with E-state index in [4.69, 9.17) is 9.47 Å². The number of ether oxygens (including phenoxy) is 2. The lowest BCUT2D eigenvalue weighted by molar-refractivity contribution is -0.138.